The molecule has 0 radical (unpaired) electrons. The predicted molar refractivity (Wildman–Crippen MR) is 69.7 cm³/mol. The molecule has 1 aromatic carbocycles. The number of benzene rings is 1. The minimum absolute atomic E-state index is 0.0453. The lowest BCUT2D eigenvalue weighted by atomic mass is 9.93. The van der Waals surface area contributed by atoms with Crippen LogP contribution in [0.25, 0.3) is 5.57 Å². The quantitative estimate of drug-likeness (QED) is 0.872. The first-order valence-corrected chi connectivity index (χ1v) is 5.85. The third kappa shape index (κ3) is 2.42. The highest BCUT2D eigenvalue weighted by Gasteiger charge is 2.28. The molecule has 1 aliphatic heterocycles. The first kappa shape index (κ1) is 13.4. The van der Waals surface area contributed by atoms with Crippen LogP contribution in [0.2, 0.25) is 0 Å². The average molecular weight is 264 g/mol. The summed E-state index contributed by atoms with van der Waals surface area (Å²) in [5, 5.41) is 18.6. The first-order chi connectivity index (χ1) is 8.88. The molecule has 2 N–H and O–H groups in total. The zero-order valence-corrected chi connectivity index (χ0v) is 11.1. The Bertz CT molecular complexity index is 557. The van der Waals surface area contributed by atoms with Gasteiger partial charge in [0, 0.05) is 11.6 Å². The second-order valence-electron chi connectivity index (χ2n) is 4.89. The Morgan fingerprint density at radius 2 is 2.11 bits per heavy atom. The van der Waals surface area contributed by atoms with Crippen LogP contribution in [0.1, 0.15) is 29.8 Å². The third-order valence-corrected chi connectivity index (χ3v) is 2.94. The molecule has 0 aliphatic carbocycles. The lowest BCUT2D eigenvalue weighted by Crippen LogP contribution is -2.29. The number of rotatable bonds is 3. The largest absolute Gasteiger partial charge is 0.496 e. The smallest absolute Gasteiger partial charge is 0.339 e. The van der Waals surface area contributed by atoms with Crippen molar-refractivity contribution in [2.24, 2.45) is 0 Å². The van der Waals surface area contributed by atoms with Gasteiger partial charge < -0.3 is 19.7 Å². The summed E-state index contributed by atoms with van der Waals surface area (Å²) in [5.74, 6) is -0.332. The van der Waals surface area contributed by atoms with E-state index in [0.717, 1.165) is 0 Å². The van der Waals surface area contributed by atoms with Gasteiger partial charge in [-0.3, -0.25) is 0 Å². The number of fused-ring (bicyclic) bond motifs is 1. The number of ether oxygens (including phenoxy) is 2. The van der Waals surface area contributed by atoms with Gasteiger partial charge in [0.2, 0.25) is 0 Å². The van der Waals surface area contributed by atoms with Gasteiger partial charge in [-0.05, 0) is 31.6 Å². The SMILES string of the molecule is COc1cc2c(cc1C(=O)O)C(CO)=CC(C)(C)O2. The Morgan fingerprint density at radius 3 is 2.63 bits per heavy atom. The molecule has 5 heteroatoms. The van der Waals surface area contributed by atoms with Gasteiger partial charge in [-0.2, -0.15) is 0 Å². The van der Waals surface area contributed by atoms with Crippen LogP contribution in [0, 0.1) is 0 Å². The number of carboxylic acids is 1. The minimum Gasteiger partial charge on any atom is -0.496 e. The summed E-state index contributed by atoms with van der Waals surface area (Å²) >= 11 is 0. The summed E-state index contributed by atoms with van der Waals surface area (Å²) < 4.78 is 10.8. The Kier molecular flexibility index (Phi) is 3.24. The highest BCUT2D eigenvalue weighted by Crippen LogP contribution is 2.39. The van der Waals surface area contributed by atoms with Gasteiger partial charge in [0.25, 0.3) is 0 Å². The monoisotopic (exact) mass is 264 g/mol. The molecule has 1 aromatic rings. The molecule has 1 aliphatic rings. The number of aromatic carboxylic acids is 1. The second kappa shape index (κ2) is 4.59. The average Bonchev–Trinajstić information content (AvgIpc) is 2.34. The molecular weight excluding hydrogens is 248 g/mol. The molecule has 1 heterocycles. The summed E-state index contributed by atoms with van der Waals surface area (Å²) in [5.41, 5.74) is 0.723. The van der Waals surface area contributed by atoms with Crippen molar-refractivity contribution in [2.45, 2.75) is 19.4 Å². The molecule has 0 atom stereocenters. The normalized spacial score (nSPS) is 16.1. The molecule has 0 saturated carbocycles. The molecule has 102 valence electrons. The molecule has 2 rings (SSSR count). The van der Waals surface area contributed by atoms with Crippen molar-refractivity contribution < 1.29 is 24.5 Å². The maximum atomic E-state index is 11.2. The molecule has 5 nitrogen and oxygen atoms in total. The molecular formula is C14H16O5. The minimum atomic E-state index is -1.08. The standard InChI is InChI=1S/C14H16O5/c1-14(2)6-8(7-15)9-4-10(13(16)17)11(18-3)5-12(9)19-14/h4-6,15H,7H2,1-3H3,(H,16,17). The van der Waals surface area contributed by atoms with E-state index in [-0.39, 0.29) is 17.9 Å². The van der Waals surface area contributed by atoms with E-state index in [2.05, 4.69) is 0 Å². The molecule has 0 unspecified atom stereocenters. The van der Waals surface area contributed by atoms with Crippen LogP contribution in [0.3, 0.4) is 0 Å². The van der Waals surface area contributed by atoms with E-state index in [4.69, 9.17) is 14.6 Å². The van der Waals surface area contributed by atoms with Gasteiger partial charge in [0.1, 0.15) is 22.7 Å². The van der Waals surface area contributed by atoms with E-state index >= 15 is 0 Å². The summed E-state index contributed by atoms with van der Waals surface area (Å²) in [6.45, 7) is 3.55. The van der Waals surface area contributed by atoms with E-state index in [9.17, 15) is 9.90 Å². The Balaban J connectivity index is 2.64. The number of hydrogen-bond acceptors (Lipinski definition) is 4. The van der Waals surface area contributed by atoms with Crippen molar-refractivity contribution >= 4 is 11.5 Å². The molecule has 0 bridgehead atoms. The summed E-state index contributed by atoms with van der Waals surface area (Å²) in [7, 11) is 1.41. The van der Waals surface area contributed by atoms with E-state index < -0.39 is 11.6 Å². The Labute approximate surface area is 111 Å². The van der Waals surface area contributed by atoms with Crippen molar-refractivity contribution in [2.75, 3.05) is 13.7 Å². The third-order valence-electron chi connectivity index (χ3n) is 2.94. The van der Waals surface area contributed by atoms with Crippen LogP contribution >= 0.6 is 0 Å². The van der Waals surface area contributed by atoms with Crippen LogP contribution in [0.15, 0.2) is 18.2 Å². The lowest BCUT2D eigenvalue weighted by Gasteiger charge is -2.31. The van der Waals surface area contributed by atoms with Crippen molar-refractivity contribution in [1.29, 1.82) is 0 Å². The topological polar surface area (TPSA) is 76.0 Å². The lowest BCUT2D eigenvalue weighted by molar-refractivity contribution is 0.0693. The van der Waals surface area contributed by atoms with Crippen LogP contribution in [-0.2, 0) is 0 Å². The maximum absolute atomic E-state index is 11.2. The number of methoxy groups -OCH3 is 1. The Morgan fingerprint density at radius 1 is 1.42 bits per heavy atom. The van der Waals surface area contributed by atoms with E-state index in [1.54, 1.807) is 12.1 Å². The second-order valence-corrected chi connectivity index (χ2v) is 4.89. The van der Waals surface area contributed by atoms with Gasteiger partial charge in [-0.15, -0.1) is 0 Å². The van der Waals surface area contributed by atoms with Crippen LogP contribution in [0.4, 0.5) is 0 Å². The number of carbonyl (C=O) groups is 1. The van der Waals surface area contributed by atoms with Crippen molar-refractivity contribution in [1.82, 2.24) is 0 Å². The van der Waals surface area contributed by atoms with Crippen LogP contribution in [-0.4, -0.2) is 35.5 Å². The maximum Gasteiger partial charge on any atom is 0.339 e. The first-order valence-electron chi connectivity index (χ1n) is 5.85. The van der Waals surface area contributed by atoms with E-state index in [0.29, 0.717) is 16.9 Å². The summed E-state index contributed by atoms with van der Waals surface area (Å²) in [4.78, 5) is 11.2. The highest BCUT2D eigenvalue weighted by atomic mass is 16.5. The zero-order chi connectivity index (χ0) is 14.2. The number of carboxylic acid groups (broad SMARTS) is 1. The van der Waals surface area contributed by atoms with E-state index in [1.807, 2.05) is 13.8 Å². The highest BCUT2D eigenvalue weighted by molar-refractivity contribution is 5.93. The van der Waals surface area contributed by atoms with Crippen molar-refractivity contribution in [3.05, 3.63) is 29.3 Å². The predicted octanol–water partition coefficient (Wildman–Crippen LogP) is 1.94. The molecule has 0 fully saturated rings. The fraction of sp³-hybridized carbons (Fsp3) is 0.357. The molecule has 0 aromatic heterocycles. The fourth-order valence-electron chi connectivity index (χ4n) is 2.17. The summed E-state index contributed by atoms with van der Waals surface area (Å²) in [6.07, 6.45) is 1.79. The molecule has 19 heavy (non-hydrogen) atoms. The Hall–Kier alpha value is -2.01. The molecule has 0 saturated heterocycles. The van der Waals surface area contributed by atoms with Gasteiger partial charge in [0.05, 0.1) is 13.7 Å². The molecule has 0 spiro atoms. The van der Waals surface area contributed by atoms with Gasteiger partial charge in [0.15, 0.2) is 0 Å². The molecule has 0 amide bonds. The number of aliphatic hydroxyl groups excluding tert-OH is 1. The van der Waals surface area contributed by atoms with Gasteiger partial charge in [-0.1, -0.05) is 0 Å². The van der Waals surface area contributed by atoms with E-state index in [1.165, 1.54) is 13.2 Å². The summed E-state index contributed by atoms with van der Waals surface area (Å²) in [6, 6.07) is 3.01. The van der Waals surface area contributed by atoms with Gasteiger partial charge >= 0.3 is 5.97 Å². The van der Waals surface area contributed by atoms with Crippen LogP contribution < -0.4 is 9.47 Å². The fourth-order valence-corrected chi connectivity index (χ4v) is 2.17. The number of hydrogen-bond donors (Lipinski definition) is 2. The van der Waals surface area contributed by atoms with Crippen molar-refractivity contribution in [3.63, 3.8) is 0 Å². The van der Waals surface area contributed by atoms with Gasteiger partial charge in [-0.25, -0.2) is 4.79 Å². The van der Waals surface area contributed by atoms with Crippen molar-refractivity contribution in [3.8, 4) is 11.5 Å². The van der Waals surface area contributed by atoms with Crippen LogP contribution in [0.5, 0.6) is 11.5 Å². The number of aliphatic hydroxyl groups is 1. The zero-order valence-electron chi connectivity index (χ0n) is 11.1.